The van der Waals surface area contributed by atoms with Crippen LogP contribution in [-0.4, -0.2) is 38.4 Å². The van der Waals surface area contributed by atoms with Crippen LogP contribution >= 0.6 is 0 Å². The van der Waals surface area contributed by atoms with Crippen molar-refractivity contribution >= 4 is 31.8 Å². The second kappa shape index (κ2) is 8.34. The van der Waals surface area contributed by atoms with E-state index in [2.05, 4.69) is 4.74 Å². The van der Waals surface area contributed by atoms with Gasteiger partial charge in [0, 0.05) is 6.42 Å². The van der Waals surface area contributed by atoms with Crippen LogP contribution in [-0.2, 0) is 9.53 Å². The molecule has 0 atom stereocenters. The molecule has 0 spiro atoms. The van der Waals surface area contributed by atoms with E-state index in [0.717, 1.165) is 6.42 Å². The summed E-state index contributed by atoms with van der Waals surface area (Å²) in [5, 5.41) is 0. The Morgan fingerprint density at radius 1 is 1.44 bits per heavy atom. The Labute approximate surface area is 74.7 Å². The third kappa shape index (κ3) is 8.34. The summed E-state index contributed by atoms with van der Waals surface area (Å²) in [6.07, 6.45) is 1.42. The average Bonchev–Trinajstić information content (AvgIpc) is 1.68. The number of rotatable bonds is 3. The summed E-state index contributed by atoms with van der Waals surface area (Å²) >= 11 is 0. The van der Waals surface area contributed by atoms with E-state index in [1.165, 1.54) is 0 Å². The monoisotopic (exact) mass is 231 g/mol. The molecule has 0 aliphatic heterocycles. The molecular formula is C6H12InO2+3. The van der Waals surface area contributed by atoms with E-state index in [9.17, 15) is 4.79 Å². The summed E-state index contributed by atoms with van der Waals surface area (Å²) < 4.78 is 4.64. The van der Waals surface area contributed by atoms with E-state index in [4.69, 9.17) is 0 Å². The van der Waals surface area contributed by atoms with Crippen molar-refractivity contribution < 1.29 is 9.53 Å². The first-order valence-electron chi connectivity index (χ1n) is 2.96. The second-order valence-corrected chi connectivity index (χ2v) is 1.56. The third-order valence-electron chi connectivity index (χ3n) is 0.759. The number of hydrogen-bond acceptors (Lipinski definition) is 2. The Morgan fingerprint density at radius 3 is 2.33 bits per heavy atom. The minimum absolute atomic E-state index is 0. The van der Waals surface area contributed by atoms with Crippen LogP contribution in [0.3, 0.4) is 0 Å². The summed E-state index contributed by atoms with van der Waals surface area (Å²) in [5.74, 6) is -0.0880. The smallest absolute Gasteiger partial charge is 0.466 e. The average molecular weight is 231 g/mol. The first kappa shape index (κ1) is 12.1. The maximum absolute atomic E-state index is 10.4. The molecule has 0 rings (SSSR count). The first-order valence-corrected chi connectivity index (χ1v) is 2.96. The van der Waals surface area contributed by atoms with Crippen molar-refractivity contribution in [2.24, 2.45) is 0 Å². The molecule has 0 aromatic heterocycles. The molecule has 9 heavy (non-hydrogen) atoms. The van der Waals surface area contributed by atoms with Gasteiger partial charge in [0.2, 0.25) is 0 Å². The summed E-state index contributed by atoms with van der Waals surface area (Å²) in [6.45, 7) is 4.27. The fraction of sp³-hybridized carbons (Fsp3) is 0.833. The quantitative estimate of drug-likeness (QED) is 0.676. The maximum atomic E-state index is 10.4. The fourth-order valence-corrected chi connectivity index (χ4v) is 0.437. The van der Waals surface area contributed by atoms with Gasteiger partial charge in [-0.2, -0.15) is 0 Å². The molecule has 0 aromatic rings. The molecule has 0 heterocycles. The summed E-state index contributed by atoms with van der Waals surface area (Å²) in [4.78, 5) is 10.4. The van der Waals surface area contributed by atoms with Crippen LogP contribution in [0.25, 0.3) is 0 Å². The summed E-state index contributed by atoms with van der Waals surface area (Å²) in [6, 6.07) is 0. The number of hydrogen-bond donors (Lipinski definition) is 0. The van der Waals surface area contributed by atoms with Gasteiger partial charge >= 0.3 is 31.8 Å². The van der Waals surface area contributed by atoms with Crippen LogP contribution < -0.4 is 0 Å². The van der Waals surface area contributed by atoms with E-state index in [-0.39, 0.29) is 31.8 Å². The molecule has 0 fully saturated rings. The number of esters is 1. The molecule has 0 saturated heterocycles. The Balaban J connectivity index is 0. The molecule has 2 nitrogen and oxygen atoms in total. The predicted octanol–water partition coefficient (Wildman–Crippen LogP) is 0.969. The van der Waals surface area contributed by atoms with Gasteiger partial charge in [-0.1, -0.05) is 6.92 Å². The SMILES string of the molecule is CCCC(=O)OCC.[In+3]. The van der Waals surface area contributed by atoms with Gasteiger partial charge in [-0.25, -0.2) is 0 Å². The molecule has 0 N–H and O–H groups in total. The fourth-order valence-electron chi connectivity index (χ4n) is 0.437. The van der Waals surface area contributed by atoms with Crippen LogP contribution in [0.4, 0.5) is 0 Å². The van der Waals surface area contributed by atoms with Crippen LogP contribution in [0, 0.1) is 0 Å². The van der Waals surface area contributed by atoms with Crippen molar-refractivity contribution in [3.63, 3.8) is 0 Å². The largest absolute Gasteiger partial charge is 3.00 e. The number of carbonyl (C=O) groups excluding carboxylic acids is 1. The van der Waals surface area contributed by atoms with Crippen molar-refractivity contribution in [1.82, 2.24) is 0 Å². The molecule has 0 aliphatic rings. The van der Waals surface area contributed by atoms with Crippen molar-refractivity contribution in [3.05, 3.63) is 0 Å². The van der Waals surface area contributed by atoms with Crippen LogP contribution in [0.15, 0.2) is 0 Å². The summed E-state index contributed by atoms with van der Waals surface area (Å²) in [7, 11) is 0. The summed E-state index contributed by atoms with van der Waals surface area (Å²) in [5.41, 5.74) is 0. The van der Waals surface area contributed by atoms with Gasteiger partial charge in [0.15, 0.2) is 0 Å². The third-order valence-corrected chi connectivity index (χ3v) is 0.759. The molecule has 0 aliphatic carbocycles. The minimum Gasteiger partial charge on any atom is -0.466 e. The molecule has 0 radical (unpaired) electrons. The molecule has 3 heteroatoms. The zero-order valence-corrected chi connectivity index (χ0v) is 9.31. The van der Waals surface area contributed by atoms with Crippen LogP contribution in [0.2, 0.25) is 0 Å². The van der Waals surface area contributed by atoms with Crippen molar-refractivity contribution in [2.75, 3.05) is 6.61 Å². The molecule has 0 aromatic carbocycles. The molecule has 48 valence electrons. The van der Waals surface area contributed by atoms with E-state index >= 15 is 0 Å². The zero-order chi connectivity index (χ0) is 6.41. The van der Waals surface area contributed by atoms with E-state index in [0.29, 0.717) is 13.0 Å². The molecule has 0 saturated carbocycles. The van der Waals surface area contributed by atoms with Gasteiger partial charge in [-0.05, 0) is 13.3 Å². The Morgan fingerprint density at radius 2 is 2.00 bits per heavy atom. The molecule has 0 unspecified atom stereocenters. The standard InChI is InChI=1S/C6H12O2.In/c1-3-5-6(7)8-4-2;/h3-5H2,1-2H3;/q;+3. The van der Waals surface area contributed by atoms with Crippen LogP contribution in [0.1, 0.15) is 26.7 Å². The van der Waals surface area contributed by atoms with Crippen molar-refractivity contribution in [2.45, 2.75) is 26.7 Å². The Kier molecular flexibility index (Phi) is 11.2. The van der Waals surface area contributed by atoms with Gasteiger partial charge in [0.05, 0.1) is 6.61 Å². The maximum Gasteiger partial charge on any atom is 3.00 e. The van der Waals surface area contributed by atoms with E-state index in [1.54, 1.807) is 0 Å². The van der Waals surface area contributed by atoms with E-state index in [1.807, 2.05) is 13.8 Å². The van der Waals surface area contributed by atoms with Crippen molar-refractivity contribution in [1.29, 1.82) is 0 Å². The van der Waals surface area contributed by atoms with Gasteiger partial charge in [0.1, 0.15) is 0 Å². The van der Waals surface area contributed by atoms with E-state index < -0.39 is 0 Å². The minimum atomic E-state index is -0.0880. The van der Waals surface area contributed by atoms with Gasteiger partial charge in [0.25, 0.3) is 0 Å². The molecule has 0 amide bonds. The van der Waals surface area contributed by atoms with Gasteiger partial charge in [-0.3, -0.25) is 4.79 Å². The molecule has 0 bridgehead atoms. The predicted molar refractivity (Wildman–Crippen MR) is 37.3 cm³/mol. The number of ether oxygens (including phenoxy) is 1. The zero-order valence-electron chi connectivity index (χ0n) is 6.02. The normalized spacial score (nSPS) is 7.78. The number of carbonyl (C=O) groups is 1. The van der Waals surface area contributed by atoms with Gasteiger partial charge in [-0.15, -0.1) is 0 Å². The topological polar surface area (TPSA) is 26.3 Å². The molecular weight excluding hydrogens is 219 g/mol. The Bertz CT molecular complexity index is 65.5. The van der Waals surface area contributed by atoms with Gasteiger partial charge < -0.3 is 4.74 Å². The Hall–Kier alpha value is 0.340. The first-order chi connectivity index (χ1) is 3.81. The van der Waals surface area contributed by atoms with Crippen LogP contribution in [0.5, 0.6) is 0 Å². The van der Waals surface area contributed by atoms with Crippen molar-refractivity contribution in [3.8, 4) is 0 Å². The second-order valence-electron chi connectivity index (χ2n) is 1.56.